The zero-order valence-corrected chi connectivity index (χ0v) is 21.7. The highest BCUT2D eigenvalue weighted by Crippen LogP contribution is 2.19. The van der Waals surface area contributed by atoms with Crippen LogP contribution in [0.1, 0.15) is 30.2 Å². The number of guanidine groups is 1. The third kappa shape index (κ3) is 8.53. The van der Waals surface area contributed by atoms with Gasteiger partial charge in [-0.3, -0.25) is 4.79 Å². The van der Waals surface area contributed by atoms with Crippen molar-refractivity contribution < 1.29 is 9.21 Å². The van der Waals surface area contributed by atoms with Crippen LogP contribution in [0.25, 0.3) is 11.5 Å². The number of amides is 1. The average molecular weight is 561 g/mol. The number of benzene rings is 2. The molecule has 0 aliphatic carbocycles. The Morgan fingerprint density at radius 1 is 1.09 bits per heavy atom. The van der Waals surface area contributed by atoms with Crippen molar-refractivity contribution in [3.63, 3.8) is 0 Å². The summed E-state index contributed by atoms with van der Waals surface area (Å²) < 4.78 is 5.60. The monoisotopic (exact) mass is 561 g/mol. The minimum Gasteiger partial charge on any atom is -0.444 e. The number of hydrogen-bond donors (Lipinski definition) is 2. The molecule has 1 aromatic heterocycles. The number of halogens is 1. The summed E-state index contributed by atoms with van der Waals surface area (Å²) in [4.78, 5) is 23.3. The van der Waals surface area contributed by atoms with Crippen LogP contribution in [-0.4, -0.2) is 41.9 Å². The molecule has 0 bridgehead atoms. The summed E-state index contributed by atoms with van der Waals surface area (Å²) in [7, 11) is 1.82. The number of oxazole rings is 1. The summed E-state index contributed by atoms with van der Waals surface area (Å²) in [6, 6.07) is 18.0. The highest BCUT2D eigenvalue weighted by atomic mass is 127. The van der Waals surface area contributed by atoms with Gasteiger partial charge in [-0.15, -0.1) is 24.0 Å². The Morgan fingerprint density at radius 2 is 1.82 bits per heavy atom. The molecule has 0 aliphatic rings. The Hall–Kier alpha value is -2.88. The van der Waals surface area contributed by atoms with E-state index in [0.717, 1.165) is 23.4 Å². The minimum atomic E-state index is 0. The predicted molar refractivity (Wildman–Crippen MR) is 142 cm³/mol. The van der Waals surface area contributed by atoms with E-state index in [1.54, 1.807) is 11.2 Å². The number of carbonyl (C=O) groups is 1. The zero-order valence-electron chi connectivity index (χ0n) is 19.4. The molecule has 176 valence electrons. The summed E-state index contributed by atoms with van der Waals surface area (Å²) in [5.74, 6) is 1.31. The van der Waals surface area contributed by atoms with Crippen molar-refractivity contribution in [2.24, 2.45) is 4.99 Å². The lowest BCUT2D eigenvalue weighted by molar-refractivity contribution is -0.130. The van der Waals surface area contributed by atoms with Crippen molar-refractivity contribution >= 4 is 35.8 Å². The van der Waals surface area contributed by atoms with Gasteiger partial charge in [-0.2, -0.15) is 0 Å². The van der Waals surface area contributed by atoms with Gasteiger partial charge >= 0.3 is 0 Å². The van der Waals surface area contributed by atoms with E-state index in [1.807, 2.05) is 75.5 Å². The number of carbonyl (C=O) groups excluding carboxylic acids is 1. The topological polar surface area (TPSA) is 82.8 Å². The SMILES string of the molecule is CCNC(=NCc1coc(-c2ccc(C)cc2)n1)NCCC(=O)N(C)Cc1ccccc1.I. The lowest BCUT2D eigenvalue weighted by atomic mass is 10.1. The molecule has 0 fully saturated rings. The summed E-state index contributed by atoms with van der Waals surface area (Å²) >= 11 is 0. The molecule has 7 nitrogen and oxygen atoms in total. The maximum Gasteiger partial charge on any atom is 0.226 e. The van der Waals surface area contributed by atoms with Gasteiger partial charge in [-0.05, 0) is 31.5 Å². The molecule has 2 aromatic carbocycles. The zero-order chi connectivity index (χ0) is 22.8. The van der Waals surface area contributed by atoms with E-state index in [2.05, 4.69) is 20.6 Å². The van der Waals surface area contributed by atoms with Crippen LogP contribution in [0, 0.1) is 6.92 Å². The van der Waals surface area contributed by atoms with Crippen molar-refractivity contribution in [2.45, 2.75) is 33.4 Å². The van der Waals surface area contributed by atoms with E-state index in [9.17, 15) is 4.79 Å². The van der Waals surface area contributed by atoms with E-state index in [4.69, 9.17) is 4.42 Å². The molecule has 0 spiro atoms. The number of aromatic nitrogens is 1. The minimum absolute atomic E-state index is 0. The van der Waals surface area contributed by atoms with Crippen molar-refractivity contribution in [1.82, 2.24) is 20.5 Å². The largest absolute Gasteiger partial charge is 0.444 e. The third-order valence-electron chi connectivity index (χ3n) is 4.91. The van der Waals surface area contributed by atoms with Gasteiger partial charge in [0.05, 0.1) is 6.54 Å². The standard InChI is InChI=1S/C25H31N5O2.HI/c1-4-26-25(27-15-14-23(31)30(3)17-20-8-6-5-7-9-20)28-16-22-18-32-24(29-22)21-12-10-19(2)11-13-21;/h5-13,18H,4,14-17H2,1-3H3,(H2,26,27,28);1H. The fourth-order valence-electron chi connectivity index (χ4n) is 3.13. The number of aryl methyl sites for hydroxylation is 1. The average Bonchev–Trinajstić information content (AvgIpc) is 3.27. The molecule has 1 amide bonds. The Morgan fingerprint density at radius 3 is 2.52 bits per heavy atom. The molecule has 3 rings (SSSR count). The molecule has 8 heteroatoms. The van der Waals surface area contributed by atoms with Crippen LogP contribution >= 0.6 is 24.0 Å². The number of nitrogens with one attached hydrogen (secondary N) is 2. The maximum atomic E-state index is 12.4. The smallest absolute Gasteiger partial charge is 0.226 e. The van der Waals surface area contributed by atoms with Gasteiger partial charge in [0.25, 0.3) is 0 Å². The second-order valence-corrected chi connectivity index (χ2v) is 7.62. The van der Waals surface area contributed by atoms with Crippen LogP contribution in [0.5, 0.6) is 0 Å². The quantitative estimate of drug-likeness (QED) is 0.230. The first kappa shape index (κ1) is 26.4. The molecule has 0 saturated heterocycles. The van der Waals surface area contributed by atoms with Gasteiger partial charge in [0.15, 0.2) is 5.96 Å². The van der Waals surface area contributed by atoms with E-state index in [0.29, 0.717) is 37.9 Å². The first-order valence-electron chi connectivity index (χ1n) is 10.9. The van der Waals surface area contributed by atoms with Crippen molar-refractivity contribution in [3.8, 4) is 11.5 Å². The van der Waals surface area contributed by atoms with Gasteiger partial charge < -0.3 is 20.0 Å². The second-order valence-electron chi connectivity index (χ2n) is 7.62. The fourth-order valence-corrected chi connectivity index (χ4v) is 3.13. The lowest BCUT2D eigenvalue weighted by Crippen LogP contribution is -2.39. The Labute approximate surface area is 212 Å². The lowest BCUT2D eigenvalue weighted by Gasteiger charge is -2.18. The molecule has 0 saturated carbocycles. The second kappa shape index (κ2) is 13.6. The van der Waals surface area contributed by atoms with Crippen LogP contribution in [-0.2, 0) is 17.9 Å². The van der Waals surface area contributed by atoms with E-state index >= 15 is 0 Å². The fraction of sp³-hybridized carbons (Fsp3) is 0.320. The molecule has 0 aliphatic heterocycles. The Bertz CT molecular complexity index is 1020. The van der Waals surface area contributed by atoms with Gasteiger partial charge in [0, 0.05) is 38.7 Å². The van der Waals surface area contributed by atoms with Crippen LogP contribution in [0.2, 0.25) is 0 Å². The van der Waals surface area contributed by atoms with Crippen molar-refractivity contribution in [1.29, 1.82) is 0 Å². The van der Waals surface area contributed by atoms with Gasteiger partial charge in [0.1, 0.15) is 12.0 Å². The summed E-state index contributed by atoms with van der Waals surface area (Å²) in [6.07, 6.45) is 2.01. The number of hydrogen-bond acceptors (Lipinski definition) is 4. The molecular formula is C25H32IN5O2. The molecule has 3 aromatic rings. The van der Waals surface area contributed by atoms with Crippen LogP contribution in [0.4, 0.5) is 0 Å². The maximum absolute atomic E-state index is 12.4. The van der Waals surface area contributed by atoms with Gasteiger partial charge in [-0.1, -0.05) is 48.0 Å². The first-order valence-corrected chi connectivity index (χ1v) is 10.9. The highest BCUT2D eigenvalue weighted by Gasteiger charge is 2.10. The Balaban J connectivity index is 0.00000385. The third-order valence-corrected chi connectivity index (χ3v) is 4.91. The predicted octanol–water partition coefficient (Wildman–Crippen LogP) is 4.37. The van der Waals surface area contributed by atoms with Crippen LogP contribution < -0.4 is 10.6 Å². The molecule has 0 radical (unpaired) electrons. The van der Waals surface area contributed by atoms with E-state index in [1.165, 1.54) is 5.56 Å². The van der Waals surface area contributed by atoms with Gasteiger partial charge in [0.2, 0.25) is 11.8 Å². The summed E-state index contributed by atoms with van der Waals surface area (Å²) in [5, 5.41) is 6.41. The molecule has 1 heterocycles. The summed E-state index contributed by atoms with van der Waals surface area (Å²) in [5.41, 5.74) is 3.99. The molecular weight excluding hydrogens is 529 g/mol. The molecule has 2 N–H and O–H groups in total. The molecule has 33 heavy (non-hydrogen) atoms. The Kier molecular flexibility index (Phi) is 10.9. The van der Waals surface area contributed by atoms with E-state index in [-0.39, 0.29) is 29.9 Å². The first-order chi connectivity index (χ1) is 15.5. The summed E-state index contributed by atoms with van der Waals surface area (Å²) in [6.45, 7) is 6.25. The normalized spacial score (nSPS) is 10.9. The van der Waals surface area contributed by atoms with E-state index < -0.39 is 0 Å². The van der Waals surface area contributed by atoms with Crippen LogP contribution in [0.15, 0.2) is 70.3 Å². The number of aliphatic imine (C=N–C) groups is 1. The van der Waals surface area contributed by atoms with Crippen molar-refractivity contribution in [2.75, 3.05) is 20.1 Å². The van der Waals surface area contributed by atoms with Crippen molar-refractivity contribution in [3.05, 3.63) is 77.7 Å². The highest BCUT2D eigenvalue weighted by molar-refractivity contribution is 14.0. The number of nitrogens with zero attached hydrogens (tertiary/aromatic N) is 3. The number of rotatable bonds is 9. The van der Waals surface area contributed by atoms with Gasteiger partial charge in [-0.25, -0.2) is 9.98 Å². The molecule has 0 atom stereocenters. The molecule has 0 unspecified atom stereocenters. The van der Waals surface area contributed by atoms with Crippen LogP contribution in [0.3, 0.4) is 0 Å².